The summed E-state index contributed by atoms with van der Waals surface area (Å²) in [6, 6.07) is 9.76. The van der Waals surface area contributed by atoms with Gasteiger partial charge >= 0.3 is 0 Å². The first-order valence-electron chi connectivity index (χ1n) is 6.31. The van der Waals surface area contributed by atoms with Crippen LogP contribution >= 0.6 is 22.9 Å². The molecule has 0 fully saturated rings. The van der Waals surface area contributed by atoms with Crippen LogP contribution in [-0.2, 0) is 6.42 Å². The maximum atomic E-state index is 6.26. The second-order valence-electron chi connectivity index (χ2n) is 4.34. The zero-order valence-corrected chi connectivity index (χ0v) is 12.8. The third-order valence-corrected chi connectivity index (χ3v) is 4.60. The van der Waals surface area contributed by atoms with Gasteiger partial charge in [-0.1, -0.05) is 18.5 Å². The second-order valence-corrected chi connectivity index (χ2v) is 5.87. The van der Waals surface area contributed by atoms with E-state index in [9.17, 15) is 0 Å². The van der Waals surface area contributed by atoms with E-state index in [1.54, 1.807) is 18.4 Å². The third kappa shape index (κ3) is 2.37. The smallest absolute Gasteiger partial charge is 0.171 e. The fourth-order valence-corrected chi connectivity index (χ4v) is 3.12. The third-order valence-electron chi connectivity index (χ3n) is 3.09. The first kappa shape index (κ1) is 13.3. The summed E-state index contributed by atoms with van der Waals surface area (Å²) in [6.07, 6.45) is 1.01. The standard InChI is InChI=1S/C15H13ClN2OS/c1-3-10-5-7-13(20-10)15-17-12-8-9(19-2)4-6-11(12)14(16)18-15/h4-8H,3H2,1-2H3. The van der Waals surface area contributed by atoms with Crippen molar-refractivity contribution in [1.82, 2.24) is 9.97 Å². The summed E-state index contributed by atoms with van der Waals surface area (Å²) in [5, 5.41) is 1.31. The minimum Gasteiger partial charge on any atom is -0.497 e. The van der Waals surface area contributed by atoms with Gasteiger partial charge in [-0.3, -0.25) is 0 Å². The van der Waals surface area contributed by atoms with E-state index in [0.29, 0.717) is 11.0 Å². The van der Waals surface area contributed by atoms with E-state index in [0.717, 1.165) is 28.0 Å². The van der Waals surface area contributed by atoms with Gasteiger partial charge in [0.15, 0.2) is 5.82 Å². The van der Waals surface area contributed by atoms with Gasteiger partial charge in [-0.05, 0) is 30.7 Å². The molecule has 0 aliphatic rings. The summed E-state index contributed by atoms with van der Waals surface area (Å²) >= 11 is 7.96. The zero-order chi connectivity index (χ0) is 14.1. The zero-order valence-electron chi connectivity index (χ0n) is 11.2. The molecule has 0 amide bonds. The Bertz CT molecular complexity index is 770. The van der Waals surface area contributed by atoms with Crippen molar-refractivity contribution < 1.29 is 4.74 Å². The average molecular weight is 305 g/mol. The summed E-state index contributed by atoms with van der Waals surface area (Å²) in [6.45, 7) is 2.13. The Morgan fingerprint density at radius 1 is 1.20 bits per heavy atom. The molecular weight excluding hydrogens is 292 g/mol. The molecule has 102 valence electrons. The van der Waals surface area contributed by atoms with Crippen LogP contribution in [0.3, 0.4) is 0 Å². The van der Waals surface area contributed by atoms with Crippen molar-refractivity contribution in [2.75, 3.05) is 7.11 Å². The van der Waals surface area contributed by atoms with Crippen molar-refractivity contribution in [3.63, 3.8) is 0 Å². The quantitative estimate of drug-likeness (QED) is 0.664. The van der Waals surface area contributed by atoms with Crippen LogP contribution in [0.1, 0.15) is 11.8 Å². The number of hydrogen-bond donors (Lipinski definition) is 0. The van der Waals surface area contributed by atoms with Crippen LogP contribution in [0.25, 0.3) is 21.6 Å². The van der Waals surface area contributed by atoms with Crippen LogP contribution in [0.15, 0.2) is 30.3 Å². The number of methoxy groups -OCH3 is 1. The molecule has 0 aliphatic carbocycles. The molecule has 1 aromatic carbocycles. The van der Waals surface area contributed by atoms with Gasteiger partial charge < -0.3 is 4.74 Å². The molecule has 0 radical (unpaired) electrons. The summed E-state index contributed by atoms with van der Waals surface area (Å²) in [4.78, 5) is 11.3. The number of nitrogens with zero attached hydrogens (tertiary/aromatic N) is 2. The number of aromatic nitrogens is 2. The van der Waals surface area contributed by atoms with Crippen LogP contribution in [-0.4, -0.2) is 17.1 Å². The highest BCUT2D eigenvalue weighted by molar-refractivity contribution is 7.15. The molecule has 3 rings (SSSR count). The summed E-state index contributed by atoms with van der Waals surface area (Å²) < 4.78 is 5.23. The van der Waals surface area contributed by atoms with Crippen LogP contribution in [0.5, 0.6) is 5.75 Å². The molecule has 20 heavy (non-hydrogen) atoms. The topological polar surface area (TPSA) is 35.0 Å². The number of hydrogen-bond acceptors (Lipinski definition) is 4. The molecule has 0 aliphatic heterocycles. The van der Waals surface area contributed by atoms with Crippen LogP contribution in [0.2, 0.25) is 5.15 Å². The van der Waals surface area contributed by atoms with Gasteiger partial charge in [-0.25, -0.2) is 9.97 Å². The van der Waals surface area contributed by atoms with E-state index >= 15 is 0 Å². The molecule has 3 nitrogen and oxygen atoms in total. The van der Waals surface area contributed by atoms with Crippen molar-refractivity contribution in [1.29, 1.82) is 0 Å². The molecule has 5 heteroatoms. The fourth-order valence-electron chi connectivity index (χ4n) is 2.00. The second kappa shape index (κ2) is 5.38. The number of fused-ring (bicyclic) bond motifs is 1. The SMILES string of the molecule is CCc1ccc(-c2nc(Cl)c3ccc(OC)cc3n2)s1. The van der Waals surface area contributed by atoms with Crippen molar-refractivity contribution in [2.45, 2.75) is 13.3 Å². The van der Waals surface area contributed by atoms with E-state index in [2.05, 4.69) is 23.0 Å². The first-order chi connectivity index (χ1) is 9.71. The monoisotopic (exact) mass is 304 g/mol. The molecule has 2 aromatic heterocycles. The highest BCUT2D eigenvalue weighted by Crippen LogP contribution is 2.30. The lowest BCUT2D eigenvalue weighted by molar-refractivity contribution is 0.415. The molecule has 0 unspecified atom stereocenters. The molecular formula is C15H13ClN2OS. The molecule has 0 bridgehead atoms. The number of ether oxygens (including phenoxy) is 1. The summed E-state index contributed by atoms with van der Waals surface area (Å²) in [7, 11) is 1.64. The van der Waals surface area contributed by atoms with Crippen molar-refractivity contribution >= 4 is 33.8 Å². The average Bonchev–Trinajstić information content (AvgIpc) is 2.95. The van der Waals surface area contributed by atoms with Gasteiger partial charge in [0.05, 0.1) is 17.5 Å². The Morgan fingerprint density at radius 3 is 2.75 bits per heavy atom. The molecule has 0 saturated carbocycles. The number of benzene rings is 1. The number of halogens is 1. The van der Waals surface area contributed by atoms with E-state index in [1.807, 2.05) is 24.3 Å². The Morgan fingerprint density at radius 2 is 2.05 bits per heavy atom. The maximum Gasteiger partial charge on any atom is 0.171 e. The highest BCUT2D eigenvalue weighted by Gasteiger charge is 2.10. The molecule has 0 saturated heterocycles. The van der Waals surface area contributed by atoms with Gasteiger partial charge in [0.2, 0.25) is 0 Å². The van der Waals surface area contributed by atoms with Crippen LogP contribution < -0.4 is 4.74 Å². The van der Waals surface area contributed by atoms with Gasteiger partial charge in [-0.2, -0.15) is 0 Å². The van der Waals surface area contributed by atoms with Gasteiger partial charge in [0, 0.05) is 16.3 Å². The Balaban J connectivity index is 2.16. The van der Waals surface area contributed by atoms with E-state index < -0.39 is 0 Å². The number of aryl methyl sites for hydroxylation is 1. The number of thiophene rings is 1. The van der Waals surface area contributed by atoms with E-state index in [4.69, 9.17) is 16.3 Å². The van der Waals surface area contributed by atoms with Gasteiger partial charge in [0.1, 0.15) is 10.9 Å². The van der Waals surface area contributed by atoms with Gasteiger partial charge in [0.25, 0.3) is 0 Å². The van der Waals surface area contributed by atoms with Crippen molar-refractivity contribution in [3.05, 3.63) is 40.4 Å². The Hall–Kier alpha value is -1.65. The minimum atomic E-state index is 0.471. The molecule has 0 N–H and O–H groups in total. The van der Waals surface area contributed by atoms with Crippen molar-refractivity contribution in [2.24, 2.45) is 0 Å². The highest BCUT2D eigenvalue weighted by atomic mass is 35.5. The Kier molecular flexibility index (Phi) is 3.59. The summed E-state index contributed by atoms with van der Waals surface area (Å²) in [5.41, 5.74) is 0.797. The molecule has 0 spiro atoms. The largest absolute Gasteiger partial charge is 0.497 e. The van der Waals surface area contributed by atoms with E-state index in [-0.39, 0.29) is 0 Å². The molecule has 2 heterocycles. The van der Waals surface area contributed by atoms with Gasteiger partial charge in [-0.15, -0.1) is 11.3 Å². The fraction of sp³-hybridized carbons (Fsp3) is 0.200. The lowest BCUT2D eigenvalue weighted by Crippen LogP contribution is -1.91. The van der Waals surface area contributed by atoms with Crippen LogP contribution in [0, 0.1) is 0 Å². The predicted molar refractivity (Wildman–Crippen MR) is 83.8 cm³/mol. The van der Waals surface area contributed by atoms with Crippen molar-refractivity contribution in [3.8, 4) is 16.5 Å². The lowest BCUT2D eigenvalue weighted by atomic mass is 10.2. The summed E-state index contributed by atoms with van der Waals surface area (Å²) in [5.74, 6) is 1.43. The first-order valence-corrected chi connectivity index (χ1v) is 7.51. The Labute approximate surface area is 126 Å². The lowest BCUT2D eigenvalue weighted by Gasteiger charge is -2.05. The minimum absolute atomic E-state index is 0.471. The molecule has 0 atom stereocenters. The van der Waals surface area contributed by atoms with E-state index in [1.165, 1.54) is 4.88 Å². The normalized spacial score (nSPS) is 10.9. The maximum absolute atomic E-state index is 6.26. The number of rotatable bonds is 3. The molecule has 3 aromatic rings. The van der Waals surface area contributed by atoms with Crippen LogP contribution in [0.4, 0.5) is 0 Å². The predicted octanol–water partition coefficient (Wildman–Crippen LogP) is 4.58.